The molecular weight excluding hydrogens is 399 g/mol. The number of rotatable bonds is 4. The van der Waals surface area contributed by atoms with Crippen LogP contribution in [0.15, 0.2) is 46.0 Å². The van der Waals surface area contributed by atoms with Crippen molar-refractivity contribution in [3.63, 3.8) is 0 Å². The topological polar surface area (TPSA) is 57.7 Å². The minimum Gasteiger partial charge on any atom is -0.337 e. The van der Waals surface area contributed by atoms with E-state index in [4.69, 9.17) is 11.6 Å². The zero-order valence-electron chi connectivity index (χ0n) is 13.6. The van der Waals surface area contributed by atoms with Crippen LogP contribution in [0.2, 0.25) is 5.02 Å². The van der Waals surface area contributed by atoms with E-state index in [1.807, 2.05) is 0 Å². The molecule has 1 amide bonds. The number of hydrogen-bond acceptors (Lipinski definition) is 4. The van der Waals surface area contributed by atoms with Gasteiger partial charge in [0.05, 0.1) is 5.02 Å². The highest BCUT2D eigenvalue weighted by Gasteiger charge is 2.30. The van der Waals surface area contributed by atoms with Crippen molar-refractivity contribution < 1.29 is 17.6 Å². The first-order valence-electron chi connectivity index (χ1n) is 7.84. The molecular formula is C17H16ClFN2O3S2. The Labute approximate surface area is 160 Å². The van der Waals surface area contributed by atoms with Crippen LogP contribution in [0.25, 0.3) is 6.08 Å². The van der Waals surface area contributed by atoms with E-state index in [-0.39, 0.29) is 42.7 Å². The van der Waals surface area contributed by atoms with Crippen molar-refractivity contribution >= 4 is 44.9 Å². The van der Waals surface area contributed by atoms with Gasteiger partial charge in [-0.2, -0.15) is 4.31 Å². The van der Waals surface area contributed by atoms with Crippen molar-refractivity contribution in [3.05, 3.63) is 58.2 Å². The van der Waals surface area contributed by atoms with Gasteiger partial charge < -0.3 is 4.90 Å². The zero-order valence-corrected chi connectivity index (χ0v) is 16.0. The molecule has 0 aliphatic carbocycles. The summed E-state index contributed by atoms with van der Waals surface area (Å²) in [6.45, 7) is 0.998. The number of nitrogens with zero attached hydrogens (tertiary/aromatic N) is 2. The summed E-state index contributed by atoms with van der Waals surface area (Å²) in [5.74, 6) is -0.814. The molecule has 1 aliphatic rings. The molecule has 2 heterocycles. The highest BCUT2D eigenvalue weighted by molar-refractivity contribution is 7.91. The lowest BCUT2D eigenvalue weighted by Crippen LogP contribution is -2.50. The summed E-state index contributed by atoms with van der Waals surface area (Å²) in [5.41, 5.74) is 0.154. The molecule has 138 valence electrons. The summed E-state index contributed by atoms with van der Waals surface area (Å²) in [4.78, 5) is 13.8. The molecule has 0 atom stereocenters. The van der Waals surface area contributed by atoms with Crippen LogP contribution in [-0.4, -0.2) is 49.7 Å². The first kappa shape index (κ1) is 19.0. The summed E-state index contributed by atoms with van der Waals surface area (Å²) in [5, 5.41) is 1.94. The molecule has 1 aromatic heterocycles. The second-order valence-electron chi connectivity index (χ2n) is 5.63. The number of carbonyl (C=O) groups is 1. The van der Waals surface area contributed by atoms with Gasteiger partial charge in [-0.15, -0.1) is 11.3 Å². The van der Waals surface area contributed by atoms with E-state index < -0.39 is 15.8 Å². The molecule has 0 bridgehead atoms. The fourth-order valence-corrected chi connectivity index (χ4v) is 5.41. The molecule has 9 heteroatoms. The highest BCUT2D eigenvalue weighted by Crippen LogP contribution is 2.23. The third-order valence-corrected chi connectivity index (χ3v) is 7.63. The Kier molecular flexibility index (Phi) is 5.76. The fraction of sp³-hybridized carbons (Fsp3) is 0.235. The minimum atomic E-state index is -3.51. The largest absolute Gasteiger partial charge is 0.337 e. The second kappa shape index (κ2) is 7.87. The van der Waals surface area contributed by atoms with Crippen LogP contribution in [0.4, 0.5) is 4.39 Å². The van der Waals surface area contributed by atoms with Crippen LogP contribution in [0.3, 0.4) is 0 Å². The molecule has 1 aromatic carbocycles. The van der Waals surface area contributed by atoms with Crippen molar-refractivity contribution in [2.45, 2.75) is 4.21 Å². The number of benzene rings is 1. The Morgan fingerprint density at radius 3 is 2.50 bits per heavy atom. The van der Waals surface area contributed by atoms with Crippen LogP contribution in [0.1, 0.15) is 5.56 Å². The molecule has 1 fully saturated rings. The van der Waals surface area contributed by atoms with Crippen molar-refractivity contribution in [2.24, 2.45) is 0 Å². The fourth-order valence-electron chi connectivity index (χ4n) is 2.62. The lowest BCUT2D eigenvalue weighted by Gasteiger charge is -2.33. The monoisotopic (exact) mass is 414 g/mol. The lowest BCUT2D eigenvalue weighted by atomic mass is 10.2. The Morgan fingerprint density at radius 2 is 1.88 bits per heavy atom. The maximum Gasteiger partial charge on any atom is 0.252 e. The maximum absolute atomic E-state index is 13.7. The van der Waals surface area contributed by atoms with E-state index in [1.165, 1.54) is 44.8 Å². The summed E-state index contributed by atoms with van der Waals surface area (Å²) >= 11 is 7.10. The minimum absolute atomic E-state index is 0.154. The maximum atomic E-state index is 13.7. The first-order valence-corrected chi connectivity index (χ1v) is 10.5. The van der Waals surface area contributed by atoms with Crippen LogP contribution < -0.4 is 0 Å². The number of carbonyl (C=O) groups excluding carboxylic acids is 1. The molecule has 2 aromatic rings. The Balaban J connectivity index is 1.63. The molecule has 0 radical (unpaired) electrons. The predicted octanol–water partition coefficient (Wildman–Crippen LogP) is 3.09. The molecule has 3 rings (SSSR count). The normalized spacial score (nSPS) is 16.3. The summed E-state index contributed by atoms with van der Waals surface area (Å²) in [7, 11) is -3.51. The molecule has 5 nitrogen and oxygen atoms in total. The van der Waals surface area contributed by atoms with Gasteiger partial charge >= 0.3 is 0 Å². The molecule has 0 spiro atoms. The van der Waals surface area contributed by atoms with Gasteiger partial charge in [0.15, 0.2) is 0 Å². The van der Waals surface area contributed by atoms with E-state index in [0.717, 1.165) is 0 Å². The van der Waals surface area contributed by atoms with Crippen LogP contribution >= 0.6 is 22.9 Å². The highest BCUT2D eigenvalue weighted by atomic mass is 35.5. The smallest absolute Gasteiger partial charge is 0.252 e. The van der Waals surface area contributed by atoms with E-state index in [9.17, 15) is 17.6 Å². The van der Waals surface area contributed by atoms with Gasteiger partial charge in [0, 0.05) is 37.8 Å². The molecule has 1 saturated heterocycles. The number of halogens is 2. The third kappa shape index (κ3) is 3.98. The van der Waals surface area contributed by atoms with Gasteiger partial charge in [-0.3, -0.25) is 4.79 Å². The van der Waals surface area contributed by atoms with E-state index in [2.05, 4.69) is 0 Å². The van der Waals surface area contributed by atoms with Gasteiger partial charge in [0.25, 0.3) is 10.0 Å². The number of piperazine rings is 1. The number of amides is 1. The van der Waals surface area contributed by atoms with Crippen LogP contribution in [0.5, 0.6) is 0 Å². The standard InChI is InChI=1S/C17H16ClFN2O3S2/c18-14-3-1-4-15(19)13(14)6-7-16(22)20-8-10-21(11-9-20)26(23,24)17-5-2-12-25-17/h1-7,12H,8-11H2. The average Bonchev–Trinajstić information content (AvgIpc) is 3.17. The van der Waals surface area contributed by atoms with Crippen molar-refractivity contribution in [2.75, 3.05) is 26.2 Å². The van der Waals surface area contributed by atoms with Gasteiger partial charge in [-0.25, -0.2) is 12.8 Å². The molecule has 0 saturated carbocycles. The van der Waals surface area contributed by atoms with E-state index >= 15 is 0 Å². The molecule has 0 unspecified atom stereocenters. The SMILES string of the molecule is O=C(C=Cc1c(F)cccc1Cl)N1CCN(S(=O)(=O)c2cccs2)CC1. The average molecular weight is 415 g/mol. The van der Waals surface area contributed by atoms with Gasteiger partial charge in [0.2, 0.25) is 5.91 Å². The summed E-state index contributed by atoms with van der Waals surface area (Å²) in [6.07, 6.45) is 2.60. The Morgan fingerprint density at radius 1 is 1.15 bits per heavy atom. The summed E-state index contributed by atoms with van der Waals surface area (Å²) < 4.78 is 40.3. The third-order valence-electron chi connectivity index (χ3n) is 4.03. The summed E-state index contributed by atoms with van der Waals surface area (Å²) in [6, 6.07) is 7.56. The Bertz CT molecular complexity index is 901. The number of sulfonamides is 1. The predicted molar refractivity (Wildman–Crippen MR) is 100 cm³/mol. The van der Waals surface area contributed by atoms with E-state index in [0.29, 0.717) is 4.21 Å². The van der Waals surface area contributed by atoms with Crippen LogP contribution in [-0.2, 0) is 14.8 Å². The molecule has 0 N–H and O–H groups in total. The van der Waals surface area contributed by atoms with Gasteiger partial charge in [-0.05, 0) is 29.7 Å². The lowest BCUT2D eigenvalue weighted by molar-refractivity contribution is -0.127. The first-order chi connectivity index (χ1) is 12.4. The van der Waals surface area contributed by atoms with Gasteiger partial charge in [-0.1, -0.05) is 23.7 Å². The van der Waals surface area contributed by atoms with Crippen molar-refractivity contribution in [3.8, 4) is 0 Å². The van der Waals surface area contributed by atoms with Gasteiger partial charge in [0.1, 0.15) is 10.0 Å². The second-order valence-corrected chi connectivity index (χ2v) is 9.15. The quantitative estimate of drug-likeness (QED) is 0.722. The number of thiophene rings is 1. The van der Waals surface area contributed by atoms with E-state index in [1.54, 1.807) is 23.6 Å². The van der Waals surface area contributed by atoms with Crippen molar-refractivity contribution in [1.29, 1.82) is 0 Å². The molecule has 1 aliphatic heterocycles. The van der Waals surface area contributed by atoms with Crippen molar-refractivity contribution in [1.82, 2.24) is 9.21 Å². The number of hydrogen-bond donors (Lipinski definition) is 0. The molecule has 26 heavy (non-hydrogen) atoms. The Hall–Kier alpha value is -1.74. The van der Waals surface area contributed by atoms with Crippen LogP contribution in [0, 0.1) is 5.82 Å². The zero-order chi connectivity index (χ0) is 18.7.